The summed E-state index contributed by atoms with van der Waals surface area (Å²) >= 11 is 2.27. The van der Waals surface area contributed by atoms with Crippen molar-refractivity contribution in [1.29, 1.82) is 0 Å². The lowest BCUT2D eigenvalue weighted by Crippen LogP contribution is -2.17. The van der Waals surface area contributed by atoms with E-state index in [-0.39, 0.29) is 0 Å². The van der Waals surface area contributed by atoms with Crippen molar-refractivity contribution in [2.24, 2.45) is 0 Å². The van der Waals surface area contributed by atoms with Crippen molar-refractivity contribution in [3.63, 3.8) is 0 Å². The van der Waals surface area contributed by atoms with Gasteiger partial charge in [0.2, 0.25) is 0 Å². The van der Waals surface area contributed by atoms with Gasteiger partial charge in [-0.2, -0.15) is 0 Å². The van der Waals surface area contributed by atoms with Gasteiger partial charge in [-0.25, -0.2) is 0 Å². The van der Waals surface area contributed by atoms with Gasteiger partial charge < -0.3 is 5.73 Å². The van der Waals surface area contributed by atoms with Crippen LogP contribution in [0, 0.1) is 3.57 Å². The van der Waals surface area contributed by atoms with Gasteiger partial charge in [0.05, 0.1) is 12.3 Å². The van der Waals surface area contributed by atoms with E-state index >= 15 is 0 Å². The fourth-order valence-corrected chi connectivity index (χ4v) is 2.17. The smallest absolute Gasteiger partial charge is 0.0771 e. The second kappa shape index (κ2) is 3.71. The minimum Gasteiger partial charge on any atom is -0.399 e. The monoisotopic (exact) mass is 290 g/mol. The summed E-state index contributed by atoms with van der Waals surface area (Å²) in [5.41, 5.74) is 7.58. The molecule has 2 rings (SSSR count). The fraction of sp³-hybridized carbons (Fsp3) is 0.333. The summed E-state index contributed by atoms with van der Waals surface area (Å²) < 4.78 is 1.14. The van der Waals surface area contributed by atoms with Gasteiger partial charge in [0.25, 0.3) is 0 Å². The molecule has 1 saturated heterocycles. The van der Waals surface area contributed by atoms with Crippen molar-refractivity contribution >= 4 is 34.0 Å². The predicted octanol–water partition coefficient (Wildman–Crippen LogP) is 2.02. The lowest BCUT2D eigenvalue weighted by molar-refractivity contribution is 0.168. The third-order valence-electron chi connectivity index (χ3n) is 1.99. The van der Waals surface area contributed by atoms with E-state index in [1.807, 2.05) is 23.3 Å². The van der Waals surface area contributed by atoms with Crippen molar-refractivity contribution < 1.29 is 4.84 Å². The Balaban J connectivity index is 2.29. The number of benzene rings is 1. The van der Waals surface area contributed by atoms with Crippen LogP contribution in [0.5, 0.6) is 0 Å². The number of nitrogen functional groups attached to an aromatic ring is 1. The van der Waals surface area contributed by atoms with E-state index in [2.05, 4.69) is 22.6 Å². The molecular formula is C9H11IN2O. The molecule has 0 saturated carbocycles. The lowest BCUT2D eigenvalue weighted by atomic mass is 10.3. The third kappa shape index (κ3) is 1.88. The normalized spacial score (nSPS) is 16.5. The van der Waals surface area contributed by atoms with E-state index < -0.39 is 0 Å². The first-order valence-corrected chi connectivity index (χ1v) is 5.31. The molecule has 13 heavy (non-hydrogen) atoms. The molecule has 0 bridgehead atoms. The predicted molar refractivity (Wildman–Crippen MR) is 61.5 cm³/mol. The average molecular weight is 290 g/mol. The van der Waals surface area contributed by atoms with E-state index in [1.54, 1.807) is 0 Å². The highest BCUT2D eigenvalue weighted by Gasteiger charge is 2.15. The molecule has 1 aliphatic rings. The minimum atomic E-state index is 0.798. The Morgan fingerprint density at radius 3 is 2.92 bits per heavy atom. The van der Waals surface area contributed by atoms with Gasteiger partial charge in [0, 0.05) is 15.8 Å². The van der Waals surface area contributed by atoms with Crippen molar-refractivity contribution in [3.8, 4) is 0 Å². The van der Waals surface area contributed by atoms with Crippen LogP contribution in [0.1, 0.15) is 6.42 Å². The maximum atomic E-state index is 5.66. The summed E-state index contributed by atoms with van der Waals surface area (Å²) in [6.07, 6.45) is 1.10. The number of hydroxylamine groups is 1. The van der Waals surface area contributed by atoms with Gasteiger partial charge >= 0.3 is 0 Å². The van der Waals surface area contributed by atoms with E-state index in [0.717, 1.165) is 34.5 Å². The van der Waals surface area contributed by atoms with Crippen LogP contribution < -0.4 is 10.8 Å². The molecule has 0 atom stereocenters. The Morgan fingerprint density at radius 2 is 2.31 bits per heavy atom. The van der Waals surface area contributed by atoms with Gasteiger partial charge in [-0.05, 0) is 47.2 Å². The Bertz CT molecular complexity index is 310. The molecule has 2 N–H and O–H groups in total. The van der Waals surface area contributed by atoms with Gasteiger partial charge in [-0.1, -0.05) is 0 Å². The molecule has 1 aromatic carbocycles. The fourth-order valence-electron chi connectivity index (χ4n) is 1.36. The Morgan fingerprint density at radius 1 is 1.46 bits per heavy atom. The molecule has 0 amide bonds. The summed E-state index contributed by atoms with van der Waals surface area (Å²) in [5.74, 6) is 0. The largest absolute Gasteiger partial charge is 0.399 e. The first kappa shape index (κ1) is 9.08. The van der Waals surface area contributed by atoms with Gasteiger partial charge in [0.15, 0.2) is 0 Å². The molecule has 0 radical (unpaired) electrons. The van der Waals surface area contributed by atoms with Gasteiger partial charge in [0.1, 0.15) is 0 Å². The molecule has 70 valence electrons. The molecule has 0 unspecified atom stereocenters. The number of hydrogen-bond donors (Lipinski definition) is 1. The highest BCUT2D eigenvalue weighted by Crippen LogP contribution is 2.26. The summed E-state index contributed by atoms with van der Waals surface area (Å²) in [7, 11) is 0. The number of anilines is 2. The van der Waals surface area contributed by atoms with E-state index in [4.69, 9.17) is 10.6 Å². The number of hydrogen-bond acceptors (Lipinski definition) is 3. The number of halogens is 1. The van der Waals surface area contributed by atoms with Crippen LogP contribution in [0.25, 0.3) is 0 Å². The SMILES string of the molecule is Nc1ccc(N2CCCO2)c(I)c1. The van der Waals surface area contributed by atoms with Crippen LogP contribution in [0.3, 0.4) is 0 Å². The second-order valence-corrected chi connectivity index (χ2v) is 4.16. The second-order valence-electron chi connectivity index (χ2n) is 3.00. The first-order chi connectivity index (χ1) is 6.27. The third-order valence-corrected chi connectivity index (χ3v) is 2.86. The number of rotatable bonds is 1. The highest BCUT2D eigenvalue weighted by atomic mass is 127. The summed E-state index contributed by atoms with van der Waals surface area (Å²) in [4.78, 5) is 5.45. The molecule has 0 aliphatic carbocycles. The van der Waals surface area contributed by atoms with Crippen LogP contribution in [0.15, 0.2) is 18.2 Å². The van der Waals surface area contributed by atoms with Crippen molar-refractivity contribution in [3.05, 3.63) is 21.8 Å². The molecule has 0 spiro atoms. The van der Waals surface area contributed by atoms with Crippen molar-refractivity contribution in [1.82, 2.24) is 0 Å². The molecule has 3 nitrogen and oxygen atoms in total. The zero-order valence-electron chi connectivity index (χ0n) is 7.16. The minimum absolute atomic E-state index is 0.798. The number of nitrogens with two attached hydrogens (primary N) is 1. The maximum absolute atomic E-state index is 5.66. The van der Waals surface area contributed by atoms with Crippen LogP contribution in [0.4, 0.5) is 11.4 Å². The maximum Gasteiger partial charge on any atom is 0.0771 e. The Hall–Kier alpha value is -0.490. The van der Waals surface area contributed by atoms with E-state index in [1.165, 1.54) is 0 Å². The van der Waals surface area contributed by atoms with Crippen LogP contribution in [-0.2, 0) is 4.84 Å². The summed E-state index contributed by atoms with van der Waals surface area (Å²) in [5, 5.41) is 1.93. The molecule has 1 aromatic rings. The standard InChI is InChI=1S/C9H11IN2O/c10-8-6-7(11)2-3-9(8)12-4-1-5-13-12/h2-3,6H,1,4-5,11H2. The number of nitrogens with zero attached hydrogens (tertiary/aromatic N) is 1. The van der Waals surface area contributed by atoms with E-state index in [0.29, 0.717) is 0 Å². The van der Waals surface area contributed by atoms with Crippen LogP contribution >= 0.6 is 22.6 Å². The topological polar surface area (TPSA) is 38.5 Å². The van der Waals surface area contributed by atoms with Gasteiger partial charge in [-0.3, -0.25) is 9.90 Å². The molecule has 1 fully saturated rings. The highest BCUT2D eigenvalue weighted by molar-refractivity contribution is 14.1. The van der Waals surface area contributed by atoms with Crippen LogP contribution in [0.2, 0.25) is 0 Å². The zero-order valence-corrected chi connectivity index (χ0v) is 9.32. The van der Waals surface area contributed by atoms with Crippen LogP contribution in [-0.4, -0.2) is 13.2 Å². The zero-order chi connectivity index (χ0) is 9.26. The Kier molecular flexibility index (Phi) is 2.59. The molecule has 1 aliphatic heterocycles. The first-order valence-electron chi connectivity index (χ1n) is 4.23. The quantitative estimate of drug-likeness (QED) is 0.635. The van der Waals surface area contributed by atoms with Crippen molar-refractivity contribution in [2.45, 2.75) is 6.42 Å². The van der Waals surface area contributed by atoms with Crippen molar-refractivity contribution in [2.75, 3.05) is 23.9 Å². The van der Waals surface area contributed by atoms with Gasteiger partial charge in [-0.15, -0.1) is 0 Å². The molecular weight excluding hydrogens is 279 g/mol. The average Bonchev–Trinajstić information content (AvgIpc) is 2.56. The molecule has 4 heteroatoms. The molecule has 0 aromatic heterocycles. The van der Waals surface area contributed by atoms with E-state index in [9.17, 15) is 0 Å². The molecule has 1 heterocycles. The summed E-state index contributed by atoms with van der Waals surface area (Å²) in [6.45, 7) is 1.79. The lowest BCUT2D eigenvalue weighted by Gasteiger charge is -2.17. The Labute approximate surface area is 90.9 Å². The summed E-state index contributed by atoms with van der Waals surface area (Å²) in [6, 6.07) is 5.86.